The van der Waals surface area contributed by atoms with Crippen molar-refractivity contribution in [1.82, 2.24) is 20.3 Å². The minimum Gasteiger partial charge on any atom is -0.446 e. The van der Waals surface area contributed by atoms with Crippen molar-refractivity contribution >= 4 is 11.8 Å². The van der Waals surface area contributed by atoms with Crippen LogP contribution in [-0.2, 0) is 19.0 Å². The van der Waals surface area contributed by atoms with Gasteiger partial charge in [-0.1, -0.05) is 16.4 Å². The molecule has 5 atom stereocenters. The first-order chi connectivity index (χ1) is 20.2. The molecule has 2 fully saturated rings. The summed E-state index contributed by atoms with van der Waals surface area (Å²) >= 11 is 0. The van der Waals surface area contributed by atoms with Gasteiger partial charge in [-0.25, -0.2) is 18.3 Å². The molecular weight excluding hydrogens is 556 g/mol. The van der Waals surface area contributed by atoms with Gasteiger partial charge in [-0.05, 0) is 51.2 Å². The number of hydrogen-bond acceptors (Lipinski definition) is 10. The van der Waals surface area contributed by atoms with Crippen molar-refractivity contribution in [2.45, 2.75) is 94.5 Å². The lowest BCUT2D eigenvalue weighted by Crippen LogP contribution is -2.57. The number of aryl methyl sites for hydroxylation is 1. The Morgan fingerprint density at radius 3 is 2.69 bits per heavy atom. The highest BCUT2D eigenvalue weighted by Gasteiger charge is 2.49. The van der Waals surface area contributed by atoms with Crippen molar-refractivity contribution in [3.05, 3.63) is 35.5 Å². The second-order valence-electron chi connectivity index (χ2n) is 11.2. The fraction of sp³-hybridized carbons (Fsp3) is 0.643. The van der Waals surface area contributed by atoms with Gasteiger partial charge in [-0.3, -0.25) is 0 Å². The van der Waals surface area contributed by atoms with Crippen LogP contribution in [0.15, 0.2) is 23.5 Å². The topological polar surface area (TPSA) is 150 Å². The van der Waals surface area contributed by atoms with E-state index in [0.717, 1.165) is 5.71 Å². The second kappa shape index (κ2) is 12.6. The highest BCUT2D eigenvalue weighted by Crippen LogP contribution is 2.41. The number of aromatic nitrogens is 3. The normalized spacial score (nSPS) is 31.1. The zero-order valence-corrected chi connectivity index (χ0v) is 23.8. The van der Waals surface area contributed by atoms with Gasteiger partial charge in [0, 0.05) is 32.1 Å². The van der Waals surface area contributed by atoms with Gasteiger partial charge < -0.3 is 34.6 Å². The number of nitrogens with one attached hydrogen (secondary N) is 1. The lowest BCUT2D eigenvalue weighted by molar-refractivity contribution is -0.210. The molecule has 2 aliphatic heterocycles. The summed E-state index contributed by atoms with van der Waals surface area (Å²) in [5.41, 5.74) is 0.437. The van der Waals surface area contributed by atoms with Gasteiger partial charge in [0.05, 0.1) is 24.6 Å². The summed E-state index contributed by atoms with van der Waals surface area (Å²) < 4.78 is 47.5. The van der Waals surface area contributed by atoms with Gasteiger partial charge in [-0.15, -0.1) is 5.10 Å². The van der Waals surface area contributed by atoms with Crippen molar-refractivity contribution in [3.8, 4) is 11.3 Å². The number of carbonyl (C=O) groups is 1. The first-order valence-electron chi connectivity index (χ1n) is 14.2. The van der Waals surface area contributed by atoms with E-state index in [1.54, 1.807) is 0 Å². The maximum Gasteiger partial charge on any atom is 0.407 e. The van der Waals surface area contributed by atoms with Crippen LogP contribution in [-0.4, -0.2) is 93.4 Å². The molecule has 12 nitrogen and oxygen atoms in total. The number of alkyl carbamates (subject to hydrolysis) is 1. The summed E-state index contributed by atoms with van der Waals surface area (Å²) in [6.45, 7) is 3.32. The summed E-state index contributed by atoms with van der Waals surface area (Å²) in [5, 5.41) is 36.2. The molecule has 2 aromatic rings. The van der Waals surface area contributed by atoms with Crippen molar-refractivity contribution in [3.63, 3.8) is 0 Å². The van der Waals surface area contributed by atoms with E-state index >= 15 is 0 Å². The van der Waals surface area contributed by atoms with E-state index in [0.29, 0.717) is 45.1 Å². The first kappa shape index (κ1) is 30.3. The molecule has 1 saturated carbocycles. The molecule has 3 heterocycles. The van der Waals surface area contributed by atoms with Crippen LogP contribution in [0.5, 0.6) is 0 Å². The Morgan fingerprint density at radius 2 is 2.00 bits per heavy atom. The summed E-state index contributed by atoms with van der Waals surface area (Å²) in [6, 6.07) is 2.01. The summed E-state index contributed by atoms with van der Waals surface area (Å²) in [4.78, 5) is 17.7. The molecule has 1 aromatic carbocycles. The number of benzene rings is 1. The van der Waals surface area contributed by atoms with Crippen LogP contribution in [0.3, 0.4) is 0 Å². The third-order valence-corrected chi connectivity index (χ3v) is 8.37. The van der Waals surface area contributed by atoms with Gasteiger partial charge in [0.15, 0.2) is 11.6 Å². The number of nitrogens with zero attached hydrogens (tertiary/aromatic N) is 4. The number of hydrogen-bond donors (Lipinski definition) is 3. The molecule has 1 spiro atoms. The molecule has 14 heteroatoms. The van der Waals surface area contributed by atoms with E-state index in [1.807, 2.05) is 6.92 Å². The molecule has 1 aliphatic carbocycles. The molecule has 3 N–H and O–H groups in total. The van der Waals surface area contributed by atoms with E-state index in [-0.39, 0.29) is 22.9 Å². The molecule has 230 valence electrons. The SMILES string of the molecule is CCNC(=O)OC1CCC2(CC1)CC(C[C@H]1O[C@H](CO)[C@H](O)[C@H](n3cc(-c4ccc(C)c(F)c4F)nn3)[C@H]1OC)=NO2. The average molecular weight is 594 g/mol. The lowest BCUT2D eigenvalue weighted by Gasteiger charge is -2.43. The Balaban J connectivity index is 1.29. The van der Waals surface area contributed by atoms with Gasteiger partial charge in [0.25, 0.3) is 0 Å². The minimum absolute atomic E-state index is 0.0657. The van der Waals surface area contributed by atoms with Crippen LogP contribution in [0, 0.1) is 18.6 Å². The molecular formula is C28H37F2N5O7. The van der Waals surface area contributed by atoms with Gasteiger partial charge in [0.1, 0.15) is 41.8 Å². The van der Waals surface area contributed by atoms with Crippen LogP contribution in [0.2, 0.25) is 0 Å². The smallest absolute Gasteiger partial charge is 0.407 e. The van der Waals surface area contributed by atoms with Crippen LogP contribution < -0.4 is 5.32 Å². The van der Waals surface area contributed by atoms with Crippen molar-refractivity contribution in [1.29, 1.82) is 0 Å². The lowest BCUT2D eigenvalue weighted by atomic mass is 9.79. The highest BCUT2D eigenvalue weighted by molar-refractivity contribution is 5.86. The predicted octanol–water partition coefficient (Wildman–Crippen LogP) is 2.80. The Bertz CT molecular complexity index is 1300. The fourth-order valence-electron chi connectivity index (χ4n) is 6.10. The predicted molar refractivity (Wildman–Crippen MR) is 145 cm³/mol. The zero-order chi connectivity index (χ0) is 30.0. The number of ether oxygens (including phenoxy) is 3. The number of amides is 1. The standard InChI is InChI=1S/C28H37F2N5O7/c1-4-31-27(38)40-17-7-9-28(10-8-17)12-16(33-42-28)11-20-26(39-3)24(25(37)21(14-36)41-20)35-13-19(32-34-35)18-6-5-15(2)22(29)23(18)30/h5-6,13,17,20-21,24-26,36-37H,4,7-12,14H2,1-3H3,(H,31,38)/t17?,20-,21-,24+,25+,26+,28?/m1/s1. The number of rotatable bonds is 8. The Labute approximate surface area is 241 Å². The van der Waals surface area contributed by atoms with Crippen molar-refractivity contribution in [2.75, 3.05) is 20.3 Å². The van der Waals surface area contributed by atoms with Gasteiger partial charge >= 0.3 is 6.09 Å². The molecule has 0 bridgehead atoms. The number of methoxy groups -OCH3 is 1. The molecule has 0 unspecified atom stereocenters. The van der Waals surface area contributed by atoms with Crippen molar-refractivity contribution in [2.24, 2.45) is 5.16 Å². The van der Waals surface area contributed by atoms with Crippen LogP contribution >= 0.6 is 0 Å². The first-order valence-corrected chi connectivity index (χ1v) is 14.2. The maximum absolute atomic E-state index is 14.7. The Kier molecular flexibility index (Phi) is 9.06. The number of halogens is 2. The van der Waals surface area contributed by atoms with E-state index in [9.17, 15) is 23.8 Å². The molecule has 42 heavy (non-hydrogen) atoms. The monoisotopic (exact) mass is 593 g/mol. The van der Waals surface area contributed by atoms with E-state index in [1.165, 1.54) is 37.0 Å². The Morgan fingerprint density at radius 1 is 1.24 bits per heavy atom. The van der Waals surface area contributed by atoms with Gasteiger partial charge in [0.2, 0.25) is 0 Å². The second-order valence-corrected chi connectivity index (χ2v) is 11.2. The van der Waals surface area contributed by atoms with Crippen molar-refractivity contribution < 1.29 is 42.8 Å². The average Bonchev–Trinajstić information content (AvgIpc) is 3.61. The van der Waals surface area contributed by atoms with Gasteiger partial charge in [-0.2, -0.15) is 0 Å². The van der Waals surface area contributed by atoms with Crippen LogP contribution in [0.4, 0.5) is 13.6 Å². The van der Waals surface area contributed by atoms with E-state index in [4.69, 9.17) is 19.0 Å². The molecule has 3 aliphatic rings. The fourth-order valence-corrected chi connectivity index (χ4v) is 6.10. The van der Waals surface area contributed by atoms with Crippen LogP contribution in [0.25, 0.3) is 11.3 Å². The molecule has 1 amide bonds. The quantitative estimate of drug-likeness (QED) is 0.420. The number of oxime groups is 1. The molecule has 0 radical (unpaired) electrons. The molecule has 1 aromatic heterocycles. The third kappa shape index (κ3) is 5.98. The summed E-state index contributed by atoms with van der Waals surface area (Å²) in [6.07, 6.45) is 0.716. The van der Waals surface area contributed by atoms with E-state index in [2.05, 4.69) is 20.8 Å². The molecule has 1 saturated heterocycles. The Hall–Kier alpha value is -3.20. The summed E-state index contributed by atoms with van der Waals surface area (Å²) in [7, 11) is 1.47. The summed E-state index contributed by atoms with van der Waals surface area (Å²) in [5.74, 6) is -2.01. The maximum atomic E-state index is 14.7. The van der Waals surface area contributed by atoms with Crippen LogP contribution in [0.1, 0.15) is 57.1 Å². The third-order valence-electron chi connectivity index (χ3n) is 8.37. The minimum atomic E-state index is -1.24. The number of aliphatic hydroxyl groups is 2. The zero-order valence-electron chi connectivity index (χ0n) is 23.8. The highest BCUT2D eigenvalue weighted by atomic mass is 19.2. The largest absolute Gasteiger partial charge is 0.446 e. The molecule has 5 rings (SSSR count). The number of carbonyl (C=O) groups excluding carboxylic acids is 1. The van der Waals surface area contributed by atoms with E-state index < -0.39 is 60.4 Å². The number of aliphatic hydroxyl groups excluding tert-OH is 2.